The van der Waals surface area contributed by atoms with E-state index in [0.717, 1.165) is 42.6 Å². The number of aromatic nitrogens is 1. The SMILES string of the molecule is CCn1c(C)c(C(=O)NCCCCCCCC(=O)NOC(C)=O)c(C)c1/C=C1\C(=O)Nc2ccc(F)cc21. The molecular weight excluding hydrogens is 491 g/mol. The van der Waals surface area contributed by atoms with Crippen LogP contribution >= 0.6 is 0 Å². The topological polar surface area (TPSA) is 119 Å². The van der Waals surface area contributed by atoms with Crippen molar-refractivity contribution >= 4 is 41.0 Å². The van der Waals surface area contributed by atoms with Crippen LogP contribution in [-0.4, -0.2) is 34.8 Å². The molecule has 0 spiro atoms. The minimum Gasteiger partial charge on any atom is -0.352 e. The third-order valence-electron chi connectivity index (χ3n) is 6.58. The number of unbranched alkanes of at least 4 members (excludes halogenated alkanes) is 4. The second kappa shape index (κ2) is 13.0. The lowest BCUT2D eigenvalue weighted by atomic mass is 10.0. The van der Waals surface area contributed by atoms with E-state index in [1.54, 1.807) is 12.1 Å². The first-order valence-electron chi connectivity index (χ1n) is 12.9. The lowest BCUT2D eigenvalue weighted by Crippen LogP contribution is -2.25. The van der Waals surface area contributed by atoms with Gasteiger partial charge in [0.05, 0.1) is 11.1 Å². The van der Waals surface area contributed by atoms with Crippen LogP contribution in [0.4, 0.5) is 10.1 Å². The van der Waals surface area contributed by atoms with Gasteiger partial charge in [0.25, 0.3) is 17.7 Å². The zero-order valence-electron chi connectivity index (χ0n) is 22.3. The maximum Gasteiger partial charge on any atom is 0.329 e. The number of hydrogen-bond acceptors (Lipinski definition) is 5. The Bertz CT molecular complexity index is 1260. The Morgan fingerprint density at radius 1 is 1.11 bits per heavy atom. The lowest BCUT2D eigenvalue weighted by molar-refractivity contribution is -0.156. The fourth-order valence-corrected chi connectivity index (χ4v) is 4.70. The molecule has 0 unspecified atom stereocenters. The Balaban J connectivity index is 1.56. The number of rotatable bonds is 11. The van der Waals surface area contributed by atoms with Gasteiger partial charge in [-0.3, -0.25) is 19.2 Å². The van der Waals surface area contributed by atoms with Gasteiger partial charge in [-0.05, 0) is 63.5 Å². The minimum atomic E-state index is -0.561. The summed E-state index contributed by atoms with van der Waals surface area (Å²) in [5.41, 5.74) is 6.42. The van der Waals surface area contributed by atoms with Gasteiger partial charge in [-0.15, -0.1) is 0 Å². The number of nitrogens with one attached hydrogen (secondary N) is 3. The number of fused-ring (bicyclic) bond motifs is 1. The summed E-state index contributed by atoms with van der Waals surface area (Å²) in [6, 6.07) is 4.19. The number of carbonyl (C=O) groups excluding carboxylic acids is 4. The smallest absolute Gasteiger partial charge is 0.329 e. The Morgan fingerprint density at radius 2 is 1.82 bits per heavy atom. The van der Waals surface area contributed by atoms with E-state index in [-0.39, 0.29) is 24.1 Å². The van der Waals surface area contributed by atoms with Gasteiger partial charge in [-0.1, -0.05) is 19.3 Å². The average Bonchev–Trinajstić information content (AvgIpc) is 3.30. The fraction of sp³-hybridized carbons (Fsp3) is 0.429. The molecular formula is C28H35FN4O5. The van der Waals surface area contributed by atoms with Crippen LogP contribution in [0.2, 0.25) is 0 Å². The first-order chi connectivity index (χ1) is 18.1. The lowest BCUT2D eigenvalue weighted by Gasteiger charge is -2.08. The van der Waals surface area contributed by atoms with E-state index in [0.29, 0.717) is 41.9 Å². The molecule has 1 aliphatic heterocycles. The maximum absolute atomic E-state index is 13.9. The van der Waals surface area contributed by atoms with E-state index in [4.69, 9.17) is 0 Å². The van der Waals surface area contributed by atoms with Gasteiger partial charge in [-0.25, -0.2) is 4.39 Å². The number of benzene rings is 1. The highest BCUT2D eigenvalue weighted by atomic mass is 19.1. The molecule has 1 aromatic heterocycles. The number of hydrogen-bond donors (Lipinski definition) is 3. The highest BCUT2D eigenvalue weighted by molar-refractivity contribution is 6.35. The van der Waals surface area contributed by atoms with Gasteiger partial charge in [0, 0.05) is 49.1 Å². The number of carbonyl (C=O) groups is 4. The van der Waals surface area contributed by atoms with E-state index >= 15 is 0 Å². The number of hydroxylamine groups is 1. The highest BCUT2D eigenvalue weighted by Crippen LogP contribution is 2.35. The van der Waals surface area contributed by atoms with Crippen LogP contribution in [0.25, 0.3) is 11.6 Å². The van der Waals surface area contributed by atoms with E-state index in [1.807, 2.05) is 25.3 Å². The fourth-order valence-electron chi connectivity index (χ4n) is 4.70. The summed E-state index contributed by atoms with van der Waals surface area (Å²) in [5.74, 6) is -1.78. The van der Waals surface area contributed by atoms with Gasteiger partial charge in [-0.2, -0.15) is 5.48 Å². The molecule has 1 aliphatic rings. The second-order valence-corrected chi connectivity index (χ2v) is 9.31. The predicted octanol–water partition coefficient (Wildman–Crippen LogP) is 4.42. The summed E-state index contributed by atoms with van der Waals surface area (Å²) < 4.78 is 15.8. The van der Waals surface area contributed by atoms with Crippen molar-refractivity contribution in [3.8, 4) is 0 Å². The van der Waals surface area contributed by atoms with Crippen molar-refractivity contribution in [2.24, 2.45) is 0 Å². The van der Waals surface area contributed by atoms with E-state index < -0.39 is 11.8 Å². The molecule has 3 N–H and O–H groups in total. The first-order valence-corrected chi connectivity index (χ1v) is 12.9. The summed E-state index contributed by atoms with van der Waals surface area (Å²) in [4.78, 5) is 52.3. The number of anilines is 1. The van der Waals surface area contributed by atoms with Crippen LogP contribution in [0.15, 0.2) is 18.2 Å². The Hall–Kier alpha value is -3.95. The van der Waals surface area contributed by atoms with Gasteiger partial charge >= 0.3 is 5.97 Å². The molecule has 0 aliphatic carbocycles. The standard InChI is InChI=1S/C28H35FN4O5/c1-5-33-18(3)26(28(37)30-14-10-8-6-7-9-11-25(35)32-38-19(4)34)17(2)24(33)16-22-21-15-20(29)12-13-23(21)31-27(22)36/h12-13,15-16H,5-11,14H2,1-4H3,(H,30,37)(H,31,36)(H,32,35)/b22-16-. The van der Waals surface area contributed by atoms with Crippen LogP contribution in [0.5, 0.6) is 0 Å². The summed E-state index contributed by atoms with van der Waals surface area (Å²) >= 11 is 0. The number of nitrogens with zero attached hydrogens (tertiary/aromatic N) is 1. The maximum atomic E-state index is 13.9. The normalized spacial score (nSPS) is 13.3. The van der Waals surface area contributed by atoms with Crippen molar-refractivity contribution in [3.63, 3.8) is 0 Å². The van der Waals surface area contributed by atoms with Crippen LogP contribution in [0, 0.1) is 19.7 Å². The van der Waals surface area contributed by atoms with Crippen molar-refractivity contribution < 1.29 is 28.4 Å². The Labute approximate surface area is 221 Å². The van der Waals surface area contributed by atoms with E-state index in [1.165, 1.54) is 19.1 Å². The van der Waals surface area contributed by atoms with Crippen LogP contribution in [-0.2, 0) is 25.8 Å². The third-order valence-corrected chi connectivity index (χ3v) is 6.58. The molecule has 0 saturated carbocycles. The predicted molar refractivity (Wildman–Crippen MR) is 142 cm³/mol. The summed E-state index contributed by atoms with van der Waals surface area (Å²) in [6.07, 6.45) is 6.20. The van der Waals surface area contributed by atoms with Crippen molar-refractivity contribution in [1.82, 2.24) is 15.4 Å². The average molecular weight is 527 g/mol. The first kappa shape index (κ1) is 28.6. The van der Waals surface area contributed by atoms with Crippen molar-refractivity contribution in [1.29, 1.82) is 0 Å². The highest BCUT2D eigenvalue weighted by Gasteiger charge is 2.27. The van der Waals surface area contributed by atoms with Gasteiger partial charge < -0.3 is 20.0 Å². The molecule has 0 fully saturated rings. The van der Waals surface area contributed by atoms with E-state index in [2.05, 4.69) is 21.0 Å². The molecule has 9 nitrogen and oxygen atoms in total. The van der Waals surface area contributed by atoms with Gasteiger partial charge in [0.2, 0.25) is 0 Å². The molecule has 204 valence electrons. The van der Waals surface area contributed by atoms with Crippen LogP contribution in [0.3, 0.4) is 0 Å². The second-order valence-electron chi connectivity index (χ2n) is 9.31. The molecule has 2 aromatic rings. The van der Waals surface area contributed by atoms with Gasteiger partial charge in [0.15, 0.2) is 0 Å². The van der Waals surface area contributed by atoms with Crippen molar-refractivity contribution in [3.05, 3.63) is 52.1 Å². The third kappa shape index (κ3) is 6.87. The summed E-state index contributed by atoms with van der Waals surface area (Å²) in [6.45, 7) is 8.06. The zero-order valence-corrected chi connectivity index (χ0v) is 22.3. The van der Waals surface area contributed by atoms with Crippen LogP contribution in [0.1, 0.15) is 85.2 Å². The molecule has 0 radical (unpaired) electrons. The molecule has 3 amide bonds. The summed E-state index contributed by atoms with van der Waals surface area (Å²) in [7, 11) is 0. The Morgan fingerprint density at radius 3 is 2.53 bits per heavy atom. The van der Waals surface area contributed by atoms with Crippen LogP contribution < -0.4 is 16.1 Å². The molecule has 1 aromatic carbocycles. The minimum absolute atomic E-state index is 0.170. The molecule has 0 saturated heterocycles. The van der Waals surface area contributed by atoms with E-state index in [9.17, 15) is 23.6 Å². The zero-order chi connectivity index (χ0) is 27.8. The Kier molecular flexibility index (Phi) is 9.81. The molecule has 0 bridgehead atoms. The largest absolute Gasteiger partial charge is 0.352 e. The molecule has 10 heteroatoms. The summed E-state index contributed by atoms with van der Waals surface area (Å²) in [5, 5.41) is 5.76. The van der Waals surface area contributed by atoms with Gasteiger partial charge in [0.1, 0.15) is 5.82 Å². The number of amides is 3. The van der Waals surface area contributed by atoms with Crippen molar-refractivity contribution in [2.45, 2.75) is 72.8 Å². The quantitative estimate of drug-likeness (QED) is 0.228. The van der Waals surface area contributed by atoms with Crippen molar-refractivity contribution in [2.75, 3.05) is 11.9 Å². The molecule has 3 rings (SSSR count). The monoisotopic (exact) mass is 526 g/mol. The molecule has 0 atom stereocenters. The molecule has 2 heterocycles. The molecule has 38 heavy (non-hydrogen) atoms. The number of halogens is 1.